The number of ether oxygens (including phenoxy) is 1. The van der Waals surface area contributed by atoms with Gasteiger partial charge in [-0.25, -0.2) is 4.79 Å². The first-order valence-corrected chi connectivity index (χ1v) is 9.17. The molecule has 5 nitrogen and oxygen atoms in total. The van der Waals surface area contributed by atoms with Crippen molar-refractivity contribution < 1.29 is 9.53 Å². The summed E-state index contributed by atoms with van der Waals surface area (Å²) in [6.07, 6.45) is 3.36. The number of carbonyl (C=O) groups is 1. The van der Waals surface area contributed by atoms with E-state index in [-0.39, 0.29) is 5.97 Å². The number of hydrogen-bond donors (Lipinski definition) is 0. The SMILES string of the molecule is CN(C)c1ccc(C2(c3ccc(N(C)C)cc3)OC(=O)c3ccncc32)cc1. The van der Waals surface area contributed by atoms with E-state index in [9.17, 15) is 4.79 Å². The largest absolute Gasteiger partial charge is 0.441 e. The first-order chi connectivity index (χ1) is 13.4. The van der Waals surface area contributed by atoms with Gasteiger partial charge in [0.2, 0.25) is 0 Å². The lowest BCUT2D eigenvalue weighted by Gasteiger charge is -2.30. The number of cyclic esters (lactones) is 1. The topological polar surface area (TPSA) is 45.7 Å². The Bertz CT molecular complexity index is 957. The minimum atomic E-state index is -1.00. The van der Waals surface area contributed by atoms with E-state index in [1.807, 2.05) is 86.5 Å². The van der Waals surface area contributed by atoms with Crippen LogP contribution in [0.2, 0.25) is 0 Å². The Morgan fingerprint density at radius 2 is 1.29 bits per heavy atom. The van der Waals surface area contributed by atoms with Crippen LogP contribution in [0.25, 0.3) is 0 Å². The molecule has 0 bridgehead atoms. The number of nitrogens with zero attached hydrogens (tertiary/aromatic N) is 3. The average Bonchev–Trinajstić information content (AvgIpc) is 3.02. The molecule has 1 aliphatic heterocycles. The number of aromatic nitrogens is 1. The van der Waals surface area contributed by atoms with Crippen molar-refractivity contribution in [3.63, 3.8) is 0 Å². The fourth-order valence-corrected chi connectivity index (χ4v) is 3.69. The monoisotopic (exact) mass is 373 g/mol. The van der Waals surface area contributed by atoms with Gasteiger partial charge in [0, 0.05) is 68.6 Å². The lowest BCUT2D eigenvalue weighted by molar-refractivity contribution is 0.0251. The minimum Gasteiger partial charge on any atom is -0.441 e. The Labute approximate surface area is 165 Å². The lowest BCUT2D eigenvalue weighted by Crippen LogP contribution is -2.29. The van der Waals surface area contributed by atoms with Gasteiger partial charge in [0.25, 0.3) is 0 Å². The van der Waals surface area contributed by atoms with E-state index in [1.54, 1.807) is 18.5 Å². The molecule has 2 aromatic carbocycles. The molecule has 0 amide bonds. The molecule has 2 heterocycles. The van der Waals surface area contributed by atoms with E-state index < -0.39 is 5.60 Å². The summed E-state index contributed by atoms with van der Waals surface area (Å²) < 4.78 is 6.09. The van der Waals surface area contributed by atoms with E-state index in [2.05, 4.69) is 4.98 Å². The molecule has 0 saturated heterocycles. The van der Waals surface area contributed by atoms with Crippen LogP contribution in [0.15, 0.2) is 67.0 Å². The van der Waals surface area contributed by atoms with Crippen LogP contribution in [0.5, 0.6) is 0 Å². The fourth-order valence-electron chi connectivity index (χ4n) is 3.69. The highest BCUT2D eigenvalue weighted by atomic mass is 16.6. The molecule has 0 spiro atoms. The summed E-state index contributed by atoms with van der Waals surface area (Å²) in [6, 6.07) is 17.9. The first kappa shape index (κ1) is 18.0. The molecule has 142 valence electrons. The van der Waals surface area contributed by atoms with Crippen LogP contribution in [0.4, 0.5) is 11.4 Å². The van der Waals surface area contributed by atoms with Gasteiger partial charge in [0.15, 0.2) is 5.60 Å². The van der Waals surface area contributed by atoms with Gasteiger partial charge in [-0.1, -0.05) is 24.3 Å². The summed E-state index contributed by atoms with van der Waals surface area (Å²) in [5, 5.41) is 0. The lowest BCUT2D eigenvalue weighted by atomic mass is 9.80. The zero-order valence-electron chi connectivity index (χ0n) is 16.5. The van der Waals surface area contributed by atoms with E-state index in [0.717, 1.165) is 28.1 Å². The Morgan fingerprint density at radius 3 is 1.75 bits per heavy atom. The van der Waals surface area contributed by atoms with Crippen LogP contribution in [0.1, 0.15) is 27.0 Å². The maximum atomic E-state index is 12.7. The molecule has 5 heteroatoms. The molecule has 0 saturated carbocycles. The summed E-state index contributed by atoms with van der Waals surface area (Å²) in [6.45, 7) is 0. The van der Waals surface area contributed by atoms with Gasteiger partial charge in [0.05, 0.1) is 5.56 Å². The molecule has 0 radical (unpaired) electrons. The molecule has 1 aromatic heterocycles. The zero-order chi connectivity index (χ0) is 19.9. The van der Waals surface area contributed by atoms with Crippen LogP contribution < -0.4 is 9.80 Å². The number of hydrogen-bond acceptors (Lipinski definition) is 5. The van der Waals surface area contributed by atoms with Crippen molar-refractivity contribution in [2.24, 2.45) is 0 Å². The molecule has 0 unspecified atom stereocenters. The van der Waals surface area contributed by atoms with E-state index >= 15 is 0 Å². The molecule has 3 aromatic rings. The van der Waals surface area contributed by atoms with Crippen LogP contribution in [-0.2, 0) is 10.3 Å². The number of carbonyl (C=O) groups excluding carboxylic acids is 1. The highest BCUT2D eigenvalue weighted by Crippen LogP contribution is 2.47. The Morgan fingerprint density at radius 1 is 0.786 bits per heavy atom. The second-order valence-electron chi connectivity index (χ2n) is 7.37. The molecule has 28 heavy (non-hydrogen) atoms. The molecular weight excluding hydrogens is 350 g/mol. The van der Waals surface area contributed by atoms with Crippen molar-refractivity contribution in [2.75, 3.05) is 38.0 Å². The van der Waals surface area contributed by atoms with Crippen LogP contribution in [0.3, 0.4) is 0 Å². The smallest absolute Gasteiger partial charge is 0.340 e. The average molecular weight is 373 g/mol. The van der Waals surface area contributed by atoms with Crippen molar-refractivity contribution in [1.82, 2.24) is 4.98 Å². The maximum absolute atomic E-state index is 12.7. The molecule has 0 atom stereocenters. The summed E-state index contributed by atoms with van der Waals surface area (Å²) in [5.41, 5.74) is 4.29. The van der Waals surface area contributed by atoms with Crippen molar-refractivity contribution in [3.05, 3.63) is 89.2 Å². The third-order valence-corrected chi connectivity index (χ3v) is 5.25. The predicted molar refractivity (Wildman–Crippen MR) is 111 cm³/mol. The number of pyridine rings is 1. The van der Waals surface area contributed by atoms with Crippen LogP contribution >= 0.6 is 0 Å². The number of fused-ring (bicyclic) bond motifs is 1. The summed E-state index contributed by atoms with van der Waals surface area (Å²) >= 11 is 0. The third kappa shape index (κ3) is 2.71. The highest BCUT2D eigenvalue weighted by molar-refractivity contribution is 5.96. The summed E-state index contributed by atoms with van der Waals surface area (Å²) in [7, 11) is 8.00. The van der Waals surface area contributed by atoms with Crippen molar-refractivity contribution in [1.29, 1.82) is 0 Å². The van der Waals surface area contributed by atoms with Gasteiger partial charge in [-0.3, -0.25) is 4.98 Å². The summed E-state index contributed by atoms with van der Waals surface area (Å²) in [4.78, 5) is 21.1. The highest BCUT2D eigenvalue weighted by Gasteiger charge is 2.48. The van der Waals surface area contributed by atoms with Gasteiger partial charge < -0.3 is 14.5 Å². The molecule has 0 N–H and O–H groups in total. The molecule has 0 fully saturated rings. The molecule has 0 aliphatic carbocycles. The second-order valence-corrected chi connectivity index (χ2v) is 7.37. The molecule has 1 aliphatic rings. The van der Waals surface area contributed by atoms with Crippen LogP contribution in [0, 0.1) is 0 Å². The normalized spacial score (nSPS) is 14.4. The van der Waals surface area contributed by atoms with Gasteiger partial charge in [-0.15, -0.1) is 0 Å². The second kappa shape index (κ2) is 6.68. The number of esters is 1. The van der Waals surface area contributed by atoms with Crippen molar-refractivity contribution >= 4 is 17.3 Å². The maximum Gasteiger partial charge on any atom is 0.340 e. The number of rotatable bonds is 4. The van der Waals surface area contributed by atoms with Gasteiger partial charge in [-0.05, 0) is 30.3 Å². The Hall–Kier alpha value is -3.34. The predicted octanol–water partition coefficient (Wildman–Crippen LogP) is 3.68. The van der Waals surface area contributed by atoms with E-state index in [4.69, 9.17) is 4.74 Å². The summed E-state index contributed by atoms with van der Waals surface area (Å²) in [5.74, 6) is -0.328. The Kier molecular flexibility index (Phi) is 4.30. The van der Waals surface area contributed by atoms with Crippen LogP contribution in [-0.4, -0.2) is 39.1 Å². The van der Waals surface area contributed by atoms with E-state index in [1.165, 1.54) is 0 Å². The standard InChI is InChI=1S/C23H23N3O2/c1-25(2)18-9-5-16(6-10-18)23(17-7-11-19(12-8-17)26(3)4)21-15-24-14-13-20(21)22(27)28-23/h5-15H,1-4H3. The Balaban J connectivity index is 1.94. The zero-order valence-corrected chi connectivity index (χ0v) is 16.5. The number of anilines is 2. The number of benzene rings is 2. The minimum absolute atomic E-state index is 0.328. The van der Waals surface area contributed by atoms with Gasteiger partial charge >= 0.3 is 5.97 Å². The third-order valence-electron chi connectivity index (χ3n) is 5.25. The first-order valence-electron chi connectivity index (χ1n) is 9.17. The quantitative estimate of drug-likeness (QED) is 0.653. The van der Waals surface area contributed by atoms with Gasteiger partial charge in [0.1, 0.15) is 0 Å². The van der Waals surface area contributed by atoms with Gasteiger partial charge in [-0.2, -0.15) is 0 Å². The molecular formula is C23H23N3O2. The van der Waals surface area contributed by atoms with E-state index in [0.29, 0.717) is 5.56 Å². The fraction of sp³-hybridized carbons (Fsp3) is 0.217. The molecule has 4 rings (SSSR count). The van der Waals surface area contributed by atoms with Crippen molar-refractivity contribution in [3.8, 4) is 0 Å². The van der Waals surface area contributed by atoms with Crippen molar-refractivity contribution in [2.45, 2.75) is 5.60 Å².